The number of hydrogen-bond donors (Lipinski definition) is 0. The van der Waals surface area contributed by atoms with Crippen LogP contribution in [-0.4, -0.2) is 51.3 Å². The van der Waals surface area contributed by atoms with Crippen LogP contribution in [-0.2, 0) is 14.3 Å². The van der Waals surface area contributed by atoms with Crippen LogP contribution in [0.25, 0.3) is 0 Å². The number of methoxy groups -OCH3 is 2. The van der Waals surface area contributed by atoms with Gasteiger partial charge in [-0.1, -0.05) is 6.92 Å². The molecule has 0 saturated heterocycles. The van der Waals surface area contributed by atoms with E-state index in [2.05, 4.69) is 4.90 Å². The van der Waals surface area contributed by atoms with Gasteiger partial charge in [0.2, 0.25) is 0 Å². The van der Waals surface area contributed by atoms with Crippen molar-refractivity contribution in [2.24, 2.45) is 5.92 Å². The van der Waals surface area contributed by atoms with Gasteiger partial charge in [0.15, 0.2) is 0 Å². The fourth-order valence-corrected chi connectivity index (χ4v) is 1.20. The normalized spacial score (nSPS) is 15.3. The van der Waals surface area contributed by atoms with Gasteiger partial charge in [0, 0.05) is 19.7 Å². The highest BCUT2D eigenvalue weighted by Gasteiger charge is 2.23. The zero-order chi connectivity index (χ0) is 11.1. The van der Waals surface area contributed by atoms with E-state index in [0.717, 1.165) is 6.54 Å². The largest absolute Gasteiger partial charge is 0.469 e. The number of carbonyl (C=O) groups is 1. The third-order valence-corrected chi connectivity index (χ3v) is 2.64. The summed E-state index contributed by atoms with van der Waals surface area (Å²) < 4.78 is 9.66. The first-order chi connectivity index (χ1) is 6.54. The third-order valence-electron chi connectivity index (χ3n) is 2.64. The molecule has 0 aliphatic heterocycles. The van der Waals surface area contributed by atoms with E-state index in [1.807, 2.05) is 20.9 Å². The predicted molar refractivity (Wildman–Crippen MR) is 55.1 cm³/mol. The molecule has 0 aliphatic rings. The molecule has 14 heavy (non-hydrogen) atoms. The second-order valence-electron chi connectivity index (χ2n) is 3.53. The monoisotopic (exact) mass is 203 g/mol. The summed E-state index contributed by atoms with van der Waals surface area (Å²) in [6.07, 6.45) is 0. The first kappa shape index (κ1) is 13.4. The van der Waals surface area contributed by atoms with Gasteiger partial charge in [0.1, 0.15) is 0 Å². The van der Waals surface area contributed by atoms with Crippen molar-refractivity contribution >= 4 is 5.97 Å². The first-order valence-electron chi connectivity index (χ1n) is 4.81. The maximum atomic E-state index is 11.3. The molecule has 0 aliphatic carbocycles. The lowest BCUT2D eigenvalue weighted by atomic mass is 10.0. The maximum absolute atomic E-state index is 11.3. The van der Waals surface area contributed by atoms with Gasteiger partial charge in [-0.25, -0.2) is 0 Å². The number of likely N-dealkylation sites (N-methyl/N-ethyl adjacent to an activating group) is 1. The molecule has 0 aromatic heterocycles. The molecular formula is C10H21NO3. The van der Waals surface area contributed by atoms with Crippen molar-refractivity contribution in [3.05, 3.63) is 0 Å². The van der Waals surface area contributed by atoms with Gasteiger partial charge < -0.3 is 14.4 Å². The number of hydrogen-bond acceptors (Lipinski definition) is 4. The van der Waals surface area contributed by atoms with Gasteiger partial charge in [0.25, 0.3) is 0 Å². The van der Waals surface area contributed by atoms with Crippen molar-refractivity contribution in [2.75, 3.05) is 34.4 Å². The Bertz CT molecular complexity index is 173. The molecule has 0 amide bonds. The van der Waals surface area contributed by atoms with E-state index in [0.29, 0.717) is 6.61 Å². The second kappa shape index (κ2) is 6.79. The maximum Gasteiger partial charge on any atom is 0.309 e. The van der Waals surface area contributed by atoms with Crippen LogP contribution in [0, 0.1) is 5.92 Å². The smallest absolute Gasteiger partial charge is 0.309 e. The molecule has 0 heterocycles. The second-order valence-corrected chi connectivity index (χ2v) is 3.53. The van der Waals surface area contributed by atoms with Crippen LogP contribution in [0.2, 0.25) is 0 Å². The van der Waals surface area contributed by atoms with Crippen molar-refractivity contribution < 1.29 is 14.3 Å². The molecule has 0 spiro atoms. The summed E-state index contributed by atoms with van der Waals surface area (Å²) in [5.41, 5.74) is 0. The fraction of sp³-hybridized carbons (Fsp3) is 0.900. The summed E-state index contributed by atoms with van der Waals surface area (Å²) in [4.78, 5) is 13.3. The topological polar surface area (TPSA) is 38.8 Å². The minimum atomic E-state index is -0.165. The Morgan fingerprint density at radius 3 is 2.36 bits per heavy atom. The quantitative estimate of drug-likeness (QED) is 0.597. The van der Waals surface area contributed by atoms with E-state index in [4.69, 9.17) is 9.47 Å². The molecule has 0 rings (SSSR count). The standard InChI is InChI=1S/C10H21NO3/c1-8(10(12)14-5)9(2)11(3)6-7-13-4/h8-9H,6-7H2,1-5H3. The Kier molecular flexibility index (Phi) is 6.49. The van der Waals surface area contributed by atoms with Crippen LogP contribution in [0.4, 0.5) is 0 Å². The van der Waals surface area contributed by atoms with Crippen molar-refractivity contribution in [1.82, 2.24) is 4.90 Å². The SMILES string of the molecule is COCCN(C)C(C)C(C)C(=O)OC. The van der Waals surface area contributed by atoms with E-state index in [9.17, 15) is 4.79 Å². The molecule has 0 radical (unpaired) electrons. The van der Waals surface area contributed by atoms with Crippen LogP contribution in [0.5, 0.6) is 0 Å². The number of nitrogens with zero attached hydrogens (tertiary/aromatic N) is 1. The highest BCUT2D eigenvalue weighted by atomic mass is 16.5. The molecule has 4 heteroatoms. The Labute approximate surface area is 86.2 Å². The van der Waals surface area contributed by atoms with Gasteiger partial charge in [0.05, 0.1) is 19.6 Å². The molecule has 0 N–H and O–H groups in total. The Balaban J connectivity index is 4.02. The third kappa shape index (κ3) is 4.07. The number of rotatable bonds is 6. The van der Waals surface area contributed by atoms with Gasteiger partial charge in [-0.05, 0) is 14.0 Å². The molecule has 0 aromatic carbocycles. The average Bonchev–Trinajstić information content (AvgIpc) is 2.22. The van der Waals surface area contributed by atoms with E-state index in [-0.39, 0.29) is 17.9 Å². The van der Waals surface area contributed by atoms with E-state index in [1.54, 1.807) is 7.11 Å². The van der Waals surface area contributed by atoms with Gasteiger partial charge in [-0.3, -0.25) is 4.79 Å². The molecule has 2 atom stereocenters. The fourth-order valence-electron chi connectivity index (χ4n) is 1.20. The zero-order valence-corrected chi connectivity index (χ0v) is 9.74. The summed E-state index contributed by atoms with van der Waals surface area (Å²) >= 11 is 0. The molecule has 0 bridgehead atoms. The first-order valence-corrected chi connectivity index (χ1v) is 4.81. The summed E-state index contributed by atoms with van der Waals surface area (Å²) in [5, 5.41) is 0. The molecule has 0 fully saturated rings. The average molecular weight is 203 g/mol. The van der Waals surface area contributed by atoms with Crippen molar-refractivity contribution in [1.29, 1.82) is 0 Å². The molecule has 0 saturated carbocycles. The van der Waals surface area contributed by atoms with Crippen LogP contribution < -0.4 is 0 Å². The molecule has 0 aromatic rings. The van der Waals surface area contributed by atoms with Crippen molar-refractivity contribution in [2.45, 2.75) is 19.9 Å². The highest BCUT2D eigenvalue weighted by Crippen LogP contribution is 2.10. The lowest BCUT2D eigenvalue weighted by Gasteiger charge is -2.27. The molecule has 2 unspecified atom stereocenters. The lowest BCUT2D eigenvalue weighted by Crippen LogP contribution is -2.39. The van der Waals surface area contributed by atoms with Crippen LogP contribution >= 0.6 is 0 Å². The minimum absolute atomic E-state index is 0.109. The summed E-state index contributed by atoms with van der Waals surface area (Å²) in [5.74, 6) is -0.274. The van der Waals surface area contributed by atoms with Gasteiger partial charge in [-0.2, -0.15) is 0 Å². The zero-order valence-electron chi connectivity index (χ0n) is 9.74. The van der Waals surface area contributed by atoms with Crippen molar-refractivity contribution in [3.8, 4) is 0 Å². The molecule has 4 nitrogen and oxygen atoms in total. The highest BCUT2D eigenvalue weighted by molar-refractivity contribution is 5.72. The Morgan fingerprint density at radius 2 is 1.93 bits per heavy atom. The van der Waals surface area contributed by atoms with E-state index >= 15 is 0 Å². The number of ether oxygens (including phenoxy) is 2. The van der Waals surface area contributed by atoms with E-state index < -0.39 is 0 Å². The lowest BCUT2D eigenvalue weighted by molar-refractivity contribution is -0.146. The summed E-state index contributed by atoms with van der Waals surface area (Å²) in [6.45, 7) is 5.38. The van der Waals surface area contributed by atoms with Crippen LogP contribution in [0.3, 0.4) is 0 Å². The van der Waals surface area contributed by atoms with Crippen LogP contribution in [0.1, 0.15) is 13.8 Å². The Hall–Kier alpha value is -0.610. The van der Waals surface area contributed by atoms with Crippen LogP contribution in [0.15, 0.2) is 0 Å². The summed E-state index contributed by atoms with van der Waals surface area (Å²) in [7, 11) is 5.06. The Morgan fingerprint density at radius 1 is 1.36 bits per heavy atom. The molecule has 84 valence electrons. The number of carbonyl (C=O) groups excluding carboxylic acids is 1. The van der Waals surface area contributed by atoms with E-state index in [1.165, 1.54) is 7.11 Å². The van der Waals surface area contributed by atoms with Crippen molar-refractivity contribution in [3.63, 3.8) is 0 Å². The predicted octanol–water partition coefficient (Wildman–Crippen LogP) is 0.762. The minimum Gasteiger partial charge on any atom is -0.469 e. The van der Waals surface area contributed by atoms with Gasteiger partial charge >= 0.3 is 5.97 Å². The summed E-state index contributed by atoms with van der Waals surface area (Å²) in [6, 6.07) is 0.164. The molecular weight excluding hydrogens is 182 g/mol. The number of esters is 1. The van der Waals surface area contributed by atoms with Gasteiger partial charge in [-0.15, -0.1) is 0 Å².